The van der Waals surface area contributed by atoms with Gasteiger partial charge in [0.15, 0.2) is 0 Å². The fourth-order valence-electron chi connectivity index (χ4n) is 3.08. The van der Waals surface area contributed by atoms with E-state index >= 15 is 0 Å². The summed E-state index contributed by atoms with van der Waals surface area (Å²) in [6, 6.07) is 10.2. The molecule has 0 radical (unpaired) electrons. The SMILES string of the molecule is CCn1c(C(=O)N2CCOC(C)(C)C2)cc2ccccc21. The molecule has 0 aliphatic carbocycles. The molecule has 4 nitrogen and oxygen atoms in total. The van der Waals surface area contributed by atoms with E-state index in [1.165, 1.54) is 0 Å². The molecule has 1 aliphatic rings. The number of nitrogens with zero attached hydrogens (tertiary/aromatic N) is 2. The van der Waals surface area contributed by atoms with Crippen LogP contribution in [0.2, 0.25) is 0 Å². The monoisotopic (exact) mass is 286 g/mol. The van der Waals surface area contributed by atoms with E-state index in [0.29, 0.717) is 19.7 Å². The molecule has 0 bridgehead atoms. The molecule has 3 rings (SSSR count). The second-order valence-corrected chi connectivity index (χ2v) is 6.17. The first-order valence-corrected chi connectivity index (χ1v) is 7.53. The van der Waals surface area contributed by atoms with E-state index in [4.69, 9.17) is 4.74 Å². The summed E-state index contributed by atoms with van der Waals surface area (Å²) >= 11 is 0. The predicted octanol–water partition coefficient (Wildman–Crippen LogP) is 2.91. The van der Waals surface area contributed by atoms with Crippen LogP contribution in [0.5, 0.6) is 0 Å². The van der Waals surface area contributed by atoms with Gasteiger partial charge in [-0.2, -0.15) is 0 Å². The summed E-state index contributed by atoms with van der Waals surface area (Å²) in [6.45, 7) is 8.83. The summed E-state index contributed by atoms with van der Waals surface area (Å²) in [6.07, 6.45) is 0. The highest BCUT2D eigenvalue weighted by Crippen LogP contribution is 2.23. The van der Waals surface area contributed by atoms with Gasteiger partial charge in [0.1, 0.15) is 5.69 Å². The number of rotatable bonds is 2. The normalized spacial score (nSPS) is 18.1. The smallest absolute Gasteiger partial charge is 0.270 e. The minimum atomic E-state index is -0.267. The van der Waals surface area contributed by atoms with Crippen molar-refractivity contribution in [3.63, 3.8) is 0 Å². The van der Waals surface area contributed by atoms with Gasteiger partial charge >= 0.3 is 0 Å². The Morgan fingerprint density at radius 2 is 2.10 bits per heavy atom. The number of benzene rings is 1. The summed E-state index contributed by atoms with van der Waals surface area (Å²) in [5.41, 5.74) is 1.63. The highest BCUT2D eigenvalue weighted by molar-refractivity contribution is 5.98. The van der Waals surface area contributed by atoms with Gasteiger partial charge in [0, 0.05) is 30.5 Å². The highest BCUT2D eigenvalue weighted by atomic mass is 16.5. The predicted molar refractivity (Wildman–Crippen MR) is 83.5 cm³/mol. The van der Waals surface area contributed by atoms with Crippen LogP contribution in [0.15, 0.2) is 30.3 Å². The summed E-state index contributed by atoms with van der Waals surface area (Å²) in [7, 11) is 0. The zero-order valence-corrected chi connectivity index (χ0v) is 12.9. The minimum Gasteiger partial charge on any atom is -0.372 e. The van der Waals surface area contributed by atoms with Gasteiger partial charge in [-0.3, -0.25) is 4.79 Å². The fourth-order valence-corrected chi connectivity index (χ4v) is 3.08. The van der Waals surface area contributed by atoms with E-state index in [9.17, 15) is 4.79 Å². The number of morpholine rings is 1. The molecule has 0 unspecified atom stereocenters. The average molecular weight is 286 g/mol. The van der Waals surface area contributed by atoms with Crippen LogP contribution in [0.3, 0.4) is 0 Å². The molecule has 1 aliphatic heterocycles. The zero-order valence-electron chi connectivity index (χ0n) is 12.9. The Labute approximate surface area is 125 Å². The average Bonchev–Trinajstić information content (AvgIpc) is 2.83. The van der Waals surface area contributed by atoms with Crippen molar-refractivity contribution in [1.29, 1.82) is 0 Å². The number of hydrogen-bond acceptors (Lipinski definition) is 2. The van der Waals surface area contributed by atoms with Gasteiger partial charge in [-0.25, -0.2) is 0 Å². The molecule has 0 atom stereocenters. The minimum absolute atomic E-state index is 0.101. The second kappa shape index (κ2) is 5.19. The Kier molecular flexibility index (Phi) is 3.49. The highest BCUT2D eigenvalue weighted by Gasteiger charge is 2.31. The maximum Gasteiger partial charge on any atom is 0.270 e. The lowest BCUT2D eigenvalue weighted by Gasteiger charge is -2.38. The van der Waals surface area contributed by atoms with Crippen LogP contribution >= 0.6 is 0 Å². The molecule has 2 heterocycles. The van der Waals surface area contributed by atoms with E-state index in [1.807, 2.05) is 36.9 Å². The maximum atomic E-state index is 12.9. The van der Waals surface area contributed by atoms with Crippen molar-refractivity contribution in [2.75, 3.05) is 19.7 Å². The van der Waals surface area contributed by atoms with E-state index < -0.39 is 0 Å². The van der Waals surface area contributed by atoms with Gasteiger partial charge < -0.3 is 14.2 Å². The van der Waals surface area contributed by atoms with Crippen LogP contribution in [0.1, 0.15) is 31.3 Å². The van der Waals surface area contributed by atoms with Crippen LogP contribution in [-0.4, -0.2) is 40.7 Å². The van der Waals surface area contributed by atoms with Crippen LogP contribution in [0.4, 0.5) is 0 Å². The Morgan fingerprint density at radius 3 is 2.81 bits per heavy atom. The van der Waals surface area contributed by atoms with Gasteiger partial charge in [-0.15, -0.1) is 0 Å². The van der Waals surface area contributed by atoms with Gasteiger partial charge in [-0.1, -0.05) is 18.2 Å². The van der Waals surface area contributed by atoms with Crippen LogP contribution in [0.25, 0.3) is 10.9 Å². The molecule has 1 amide bonds. The van der Waals surface area contributed by atoms with Crippen LogP contribution < -0.4 is 0 Å². The van der Waals surface area contributed by atoms with Crippen LogP contribution in [-0.2, 0) is 11.3 Å². The second-order valence-electron chi connectivity index (χ2n) is 6.17. The number of carbonyl (C=O) groups excluding carboxylic acids is 1. The van der Waals surface area contributed by atoms with Crippen molar-refractivity contribution in [1.82, 2.24) is 9.47 Å². The number of aryl methyl sites for hydroxylation is 1. The third-order valence-corrected chi connectivity index (χ3v) is 4.06. The molecule has 21 heavy (non-hydrogen) atoms. The number of para-hydroxylation sites is 1. The van der Waals surface area contributed by atoms with Crippen molar-refractivity contribution >= 4 is 16.8 Å². The van der Waals surface area contributed by atoms with Crippen molar-refractivity contribution in [2.24, 2.45) is 0 Å². The third-order valence-electron chi connectivity index (χ3n) is 4.06. The van der Waals surface area contributed by atoms with Crippen LogP contribution in [0, 0.1) is 0 Å². The lowest BCUT2D eigenvalue weighted by Crippen LogP contribution is -2.50. The third kappa shape index (κ3) is 2.56. The first-order chi connectivity index (χ1) is 10.0. The lowest BCUT2D eigenvalue weighted by atomic mass is 10.1. The summed E-state index contributed by atoms with van der Waals surface area (Å²) in [4.78, 5) is 14.8. The van der Waals surface area contributed by atoms with Crippen molar-refractivity contribution in [2.45, 2.75) is 32.9 Å². The molecule has 1 fully saturated rings. The van der Waals surface area contributed by atoms with Crippen molar-refractivity contribution in [3.8, 4) is 0 Å². The van der Waals surface area contributed by atoms with E-state index in [2.05, 4.69) is 23.6 Å². The zero-order chi connectivity index (χ0) is 15.0. The summed E-state index contributed by atoms with van der Waals surface area (Å²) < 4.78 is 7.79. The number of aromatic nitrogens is 1. The van der Waals surface area contributed by atoms with Gasteiger partial charge in [0.25, 0.3) is 5.91 Å². The number of carbonyl (C=O) groups is 1. The topological polar surface area (TPSA) is 34.5 Å². The first kappa shape index (κ1) is 14.1. The Hall–Kier alpha value is -1.81. The number of fused-ring (bicyclic) bond motifs is 1. The number of ether oxygens (including phenoxy) is 1. The van der Waals surface area contributed by atoms with Gasteiger partial charge in [-0.05, 0) is 32.9 Å². The van der Waals surface area contributed by atoms with Crippen molar-refractivity contribution < 1.29 is 9.53 Å². The molecule has 1 saturated heterocycles. The molecule has 4 heteroatoms. The summed E-state index contributed by atoms with van der Waals surface area (Å²) in [5.74, 6) is 0.101. The standard InChI is InChI=1S/C17H22N2O2/c1-4-19-14-8-6-5-7-13(14)11-15(19)16(20)18-9-10-21-17(2,3)12-18/h5-8,11H,4,9-10,12H2,1-3H3. The largest absolute Gasteiger partial charge is 0.372 e. The van der Waals surface area contributed by atoms with Gasteiger partial charge in [0.05, 0.1) is 12.2 Å². The Morgan fingerprint density at radius 1 is 1.33 bits per heavy atom. The van der Waals surface area contributed by atoms with E-state index in [-0.39, 0.29) is 11.5 Å². The molecular formula is C17H22N2O2. The lowest BCUT2D eigenvalue weighted by molar-refractivity contribution is -0.0765. The number of hydrogen-bond donors (Lipinski definition) is 0. The van der Waals surface area contributed by atoms with E-state index in [1.54, 1.807) is 0 Å². The molecular weight excluding hydrogens is 264 g/mol. The Bertz CT molecular complexity index is 672. The van der Waals surface area contributed by atoms with E-state index in [0.717, 1.165) is 23.1 Å². The molecule has 0 saturated carbocycles. The molecule has 0 spiro atoms. The number of amides is 1. The fraction of sp³-hybridized carbons (Fsp3) is 0.471. The Balaban J connectivity index is 1.98. The molecule has 0 N–H and O–H groups in total. The molecule has 1 aromatic heterocycles. The maximum absolute atomic E-state index is 12.9. The quantitative estimate of drug-likeness (QED) is 0.850. The molecule has 2 aromatic rings. The van der Waals surface area contributed by atoms with Crippen molar-refractivity contribution in [3.05, 3.63) is 36.0 Å². The molecule has 1 aromatic carbocycles. The first-order valence-electron chi connectivity index (χ1n) is 7.53. The molecule has 112 valence electrons. The van der Waals surface area contributed by atoms with Gasteiger partial charge in [0.2, 0.25) is 0 Å². The summed E-state index contributed by atoms with van der Waals surface area (Å²) in [5, 5.41) is 1.12.